The molecule has 0 fully saturated rings. The number of anilines is 2. The predicted molar refractivity (Wildman–Crippen MR) is 96.7 cm³/mol. The average molecular weight is 336 g/mol. The summed E-state index contributed by atoms with van der Waals surface area (Å²) >= 11 is 0. The van der Waals surface area contributed by atoms with Gasteiger partial charge in [-0.05, 0) is 56.2 Å². The zero-order valence-electron chi connectivity index (χ0n) is 14.5. The van der Waals surface area contributed by atoms with Gasteiger partial charge in [0.15, 0.2) is 0 Å². The van der Waals surface area contributed by atoms with Crippen LogP contribution in [0.1, 0.15) is 33.1 Å². The Bertz CT molecular complexity index is 888. The standard InChI is InChI=1S/C19H20N4O2/c1-12-6-4-8-16(14(12)3)22-18(24)17-10-13(2)21-19(23-17)20-11-15-7-5-9-25-15/h4-10H,11H2,1-3H3,(H,22,24)(H,20,21,23). The first-order valence-corrected chi connectivity index (χ1v) is 8.02. The summed E-state index contributed by atoms with van der Waals surface area (Å²) in [5, 5.41) is 5.99. The lowest BCUT2D eigenvalue weighted by Crippen LogP contribution is -2.17. The minimum absolute atomic E-state index is 0.264. The minimum Gasteiger partial charge on any atom is -0.467 e. The molecule has 0 aliphatic rings. The van der Waals surface area contributed by atoms with Gasteiger partial charge in [0.25, 0.3) is 5.91 Å². The van der Waals surface area contributed by atoms with Gasteiger partial charge in [-0.15, -0.1) is 0 Å². The fraction of sp³-hybridized carbons (Fsp3) is 0.211. The molecule has 1 amide bonds. The first-order chi connectivity index (χ1) is 12.0. The first-order valence-electron chi connectivity index (χ1n) is 8.02. The maximum Gasteiger partial charge on any atom is 0.274 e. The molecular formula is C19H20N4O2. The van der Waals surface area contributed by atoms with Crippen LogP contribution in [-0.4, -0.2) is 15.9 Å². The molecule has 1 aromatic carbocycles. The summed E-state index contributed by atoms with van der Waals surface area (Å²) in [5.41, 5.74) is 3.97. The van der Waals surface area contributed by atoms with E-state index in [-0.39, 0.29) is 5.91 Å². The molecule has 2 aromatic heterocycles. The van der Waals surface area contributed by atoms with Crippen molar-refractivity contribution in [1.29, 1.82) is 0 Å². The summed E-state index contributed by atoms with van der Waals surface area (Å²) in [6, 6.07) is 11.1. The molecule has 3 rings (SSSR count). The van der Waals surface area contributed by atoms with Gasteiger partial charge in [-0.2, -0.15) is 0 Å². The lowest BCUT2D eigenvalue weighted by Gasteiger charge is -2.11. The number of hydrogen-bond acceptors (Lipinski definition) is 5. The molecule has 0 unspecified atom stereocenters. The summed E-state index contributed by atoms with van der Waals surface area (Å²) in [5.74, 6) is 0.897. The normalized spacial score (nSPS) is 10.5. The van der Waals surface area contributed by atoms with Crippen LogP contribution in [0.5, 0.6) is 0 Å². The van der Waals surface area contributed by atoms with E-state index in [1.807, 2.05) is 51.1 Å². The Morgan fingerprint density at radius 1 is 1.12 bits per heavy atom. The first kappa shape index (κ1) is 16.7. The van der Waals surface area contributed by atoms with E-state index in [0.29, 0.717) is 23.9 Å². The predicted octanol–water partition coefficient (Wildman–Crippen LogP) is 3.86. The third kappa shape index (κ3) is 4.03. The number of nitrogens with one attached hydrogen (secondary N) is 2. The molecule has 0 aliphatic heterocycles. The quantitative estimate of drug-likeness (QED) is 0.739. The van der Waals surface area contributed by atoms with Crippen molar-refractivity contribution in [2.24, 2.45) is 0 Å². The molecule has 6 nitrogen and oxygen atoms in total. The molecule has 0 bridgehead atoms. The number of rotatable bonds is 5. The number of aryl methyl sites for hydroxylation is 2. The second kappa shape index (κ2) is 7.17. The Morgan fingerprint density at radius 2 is 1.96 bits per heavy atom. The van der Waals surface area contributed by atoms with Gasteiger partial charge in [0.2, 0.25) is 5.95 Å². The Morgan fingerprint density at radius 3 is 2.72 bits per heavy atom. The third-order valence-electron chi connectivity index (χ3n) is 3.94. The van der Waals surface area contributed by atoms with Gasteiger partial charge in [0.05, 0.1) is 12.8 Å². The molecule has 0 radical (unpaired) electrons. The van der Waals surface area contributed by atoms with Crippen molar-refractivity contribution in [3.8, 4) is 0 Å². The zero-order chi connectivity index (χ0) is 17.8. The lowest BCUT2D eigenvalue weighted by atomic mass is 10.1. The summed E-state index contributed by atoms with van der Waals surface area (Å²) in [7, 11) is 0. The van der Waals surface area contributed by atoms with Crippen LogP contribution in [0.25, 0.3) is 0 Å². The van der Waals surface area contributed by atoms with Crippen LogP contribution in [0.15, 0.2) is 47.1 Å². The number of carbonyl (C=O) groups excluding carboxylic acids is 1. The monoisotopic (exact) mass is 336 g/mol. The van der Waals surface area contributed by atoms with Crippen LogP contribution in [0, 0.1) is 20.8 Å². The summed E-state index contributed by atoms with van der Waals surface area (Å²) in [6.07, 6.45) is 1.61. The van der Waals surface area contributed by atoms with Crippen molar-refractivity contribution in [3.63, 3.8) is 0 Å². The highest BCUT2D eigenvalue weighted by atomic mass is 16.3. The molecular weight excluding hydrogens is 316 g/mol. The molecule has 128 valence electrons. The summed E-state index contributed by atoms with van der Waals surface area (Å²) in [6.45, 7) is 6.27. The van der Waals surface area contributed by atoms with Crippen LogP contribution in [0.3, 0.4) is 0 Å². The maximum atomic E-state index is 12.6. The van der Waals surface area contributed by atoms with E-state index in [2.05, 4.69) is 20.6 Å². The smallest absolute Gasteiger partial charge is 0.274 e. The summed E-state index contributed by atoms with van der Waals surface area (Å²) in [4.78, 5) is 21.2. The Balaban J connectivity index is 1.76. The van der Waals surface area contributed by atoms with E-state index in [9.17, 15) is 4.79 Å². The van der Waals surface area contributed by atoms with Crippen LogP contribution >= 0.6 is 0 Å². The van der Waals surface area contributed by atoms with Gasteiger partial charge < -0.3 is 15.1 Å². The Labute approximate surface area is 146 Å². The largest absolute Gasteiger partial charge is 0.467 e. The molecule has 2 N–H and O–H groups in total. The number of amides is 1. The number of aromatic nitrogens is 2. The van der Waals surface area contributed by atoms with Crippen LogP contribution in [-0.2, 0) is 6.54 Å². The average Bonchev–Trinajstić information content (AvgIpc) is 3.10. The molecule has 3 aromatic rings. The van der Waals surface area contributed by atoms with E-state index in [1.165, 1.54) is 0 Å². The Hall–Kier alpha value is -3.15. The number of furan rings is 1. The van der Waals surface area contributed by atoms with Gasteiger partial charge in [-0.1, -0.05) is 12.1 Å². The third-order valence-corrected chi connectivity index (χ3v) is 3.94. The van der Waals surface area contributed by atoms with Crippen molar-refractivity contribution in [3.05, 3.63) is 70.9 Å². The van der Waals surface area contributed by atoms with Crippen LogP contribution in [0.2, 0.25) is 0 Å². The topological polar surface area (TPSA) is 80.0 Å². The highest BCUT2D eigenvalue weighted by Gasteiger charge is 2.12. The molecule has 0 aliphatic carbocycles. The molecule has 0 saturated carbocycles. The second-order valence-corrected chi connectivity index (χ2v) is 5.85. The number of carbonyl (C=O) groups is 1. The SMILES string of the molecule is Cc1cc(C(=O)Nc2cccc(C)c2C)nc(NCc2ccco2)n1. The molecule has 6 heteroatoms. The summed E-state index contributed by atoms with van der Waals surface area (Å²) < 4.78 is 5.27. The lowest BCUT2D eigenvalue weighted by molar-refractivity contribution is 0.102. The van der Waals surface area contributed by atoms with Crippen LogP contribution in [0.4, 0.5) is 11.6 Å². The van der Waals surface area contributed by atoms with Gasteiger partial charge in [-0.25, -0.2) is 9.97 Å². The molecule has 0 saturated heterocycles. The van der Waals surface area contributed by atoms with E-state index in [4.69, 9.17) is 4.42 Å². The zero-order valence-corrected chi connectivity index (χ0v) is 14.5. The van der Waals surface area contributed by atoms with Crippen molar-refractivity contribution >= 4 is 17.5 Å². The van der Waals surface area contributed by atoms with Gasteiger partial charge in [0.1, 0.15) is 11.5 Å². The number of hydrogen-bond donors (Lipinski definition) is 2. The van der Waals surface area contributed by atoms with Gasteiger partial charge in [0, 0.05) is 11.4 Å². The molecule has 2 heterocycles. The molecule has 0 atom stereocenters. The van der Waals surface area contributed by atoms with E-state index < -0.39 is 0 Å². The highest BCUT2D eigenvalue weighted by molar-refractivity contribution is 6.03. The second-order valence-electron chi connectivity index (χ2n) is 5.85. The highest BCUT2D eigenvalue weighted by Crippen LogP contribution is 2.19. The van der Waals surface area contributed by atoms with E-state index in [0.717, 1.165) is 22.6 Å². The van der Waals surface area contributed by atoms with Gasteiger partial charge in [-0.3, -0.25) is 4.79 Å². The molecule has 0 spiro atoms. The van der Waals surface area contributed by atoms with Crippen molar-refractivity contribution in [2.75, 3.05) is 10.6 Å². The minimum atomic E-state index is -0.264. The number of nitrogens with zero attached hydrogens (tertiary/aromatic N) is 2. The van der Waals surface area contributed by atoms with Crippen molar-refractivity contribution < 1.29 is 9.21 Å². The van der Waals surface area contributed by atoms with Crippen LogP contribution < -0.4 is 10.6 Å². The van der Waals surface area contributed by atoms with Gasteiger partial charge >= 0.3 is 0 Å². The van der Waals surface area contributed by atoms with Crippen molar-refractivity contribution in [2.45, 2.75) is 27.3 Å². The number of benzene rings is 1. The maximum absolute atomic E-state index is 12.6. The van der Waals surface area contributed by atoms with Crippen molar-refractivity contribution in [1.82, 2.24) is 9.97 Å². The fourth-order valence-electron chi connectivity index (χ4n) is 2.42. The van der Waals surface area contributed by atoms with E-state index in [1.54, 1.807) is 12.3 Å². The molecule has 25 heavy (non-hydrogen) atoms. The Kier molecular flexibility index (Phi) is 4.79. The van der Waals surface area contributed by atoms with E-state index >= 15 is 0 Å². The fourth-order valence-corrected chi connectivity index (χ4v) is 2.42.